The minimum atomic E-state index is -3.74. The van der Waals surface area contributed by atoms with Gasteiger partial charge in [0, 0.05) is 6.54 Å². The van der Waals surface area contributed by atoms with Gasteiger partial charge in [-0.2, -0.15) is 0 Å². The van der Waals surface area contributed by atoms with Crippen molar-refractivity contribution in [3.05, 3.63) is 90.0 Å². The van der Waals surface area contributed by atoms with Crippen LogP contribution >= 0.6 is 0 Å². The molecule has 6 nitrogen and oxygen atoms in total. The summed E-state index contributed by atoms with van der Waals surface area (Å²) in [6.45, 7) is 4.34. The molecule has 0 aromatic heterocycles. The molecule has 0 aliphatic carbocycles. The molecular weight excluding hydrogens is 414 g/mol. The Kier molecular flexibility index (Phi) is 7.31. The predicted octanol–water partition coefficient (Wildman–Crippen LogP) is 4.45. The van der Waals surface area contributed by atoms with Gasteiger partial charge in [0.2, 0.25) is 0 Å². The standard InChI is InChI=1S/C24H25NO5S/c1-3-25(21-9-5-4-6-10-21)31(27,28)23-14-12-20(13-15-23)24(26)30-17-16-29-22-11-7-8-19(2)18-22/h4-15,18H,3,16-17H2,1-2H3. The van der Waals surface area contributed by atoms with Gasteiger partial charge in [-0.3, -0.25) is 4.31 Å². The molecule has 3 aromatic rings. The van der Waals surface area contributed by atoms with E-state index < -0.39 is 16.0 Å². The van der Waals surface area contributed by atoms with E-state index >= 15 is 0 Å². The van der Waals surface area contributed by atoms with Gasteiger partial charge in [-0.15, -0.1) is 0 Å². The van der Waals surface area contributed by atoms with E-state index in [4.69, 9.17) is 9.47 Å². The maximum Gasteiger partial charge on any atom is 0.338 e. The van der Waals surface area contributed by atoms with Gasteiger partial charge in [0.15, 0.2) is 0 Å². The number of carbonyl (C=O) groups excluding carboxylic acids is 1. The SMILES string of the molecule is CCN(c1ccccc1)S(=O)(=O)c1ccc(C(=O)OCCOc2cccc(C)c2)cc1. The molecule has 0 atom stereocenters. The predicted molar refractivity (Wildman–Crippen MR) is 120 cm³/mol. The van der Waals surface area contributed by atoms with Crippen molar-refractivity contribution in [1.82, 2.24) is 0 Å². The topological polar surface area (TPSA) is 72.9 Å². The monoisotopic (exact) mass is 439 g/mol. The lowest BCUT2D eigenvalue weighted by molar-refractivity contribution is 0.0450. The molecule has 0 aliphatic rings. The third-order valence-corrected chi connectivity index (χ3v) is 6.50. The Bertz CT molecular complexity index is 1110. The van der Waals surface area contributed by atoms with E-state index in [0.29, 0.717) is 11.4 Å². The van der Waals surface area contributed by atoms with Crippen LogP contribution in [-0.2, 0) is 14.8 Å². The molecule has 0 N–H and O–H groups in total. The second kappa shape index (κ2) is 10.1. The van der Waals surface area contributed by atoms with Gasteiger partial charge in [-0.1, -0.05) is 30.3 Å². The second-order valence-electron chi connectivity index (χ2n) is 6.83. The average Bonchev–Trinajstić information content (AvgIpc) is 2.78. The molecular formula is C24H25NO5S. The minimum absolute atomic E-state index is 0.0877. The molecule has 0 spiro atoms. The highest BCUT2D eigenvalue weighted by atomic mass is 32.2. The molecule has 0 fully saturated rings. The fraction of sp³-hybridized carbons (Fsp3) is 0.208. The Balaban J connectivity index is 1.60. The number of para-hydroxylation sites is 1. The van der Waals surface area contributed by atoms with Crippen LogP contribution in [0.25, 0.3) is 0 Å². The van der Waals surface area contributed by atoms with Crippen molar-refractivity contribution in [3.8, 4) is 5.75 Å². The van der Waals surface area contributed by atoms with Crippen LogP contribution < -0.4 is 9.04 Å². The van der Waals surface area contributed by atoms with E-state index in [9.17, 15) is 13.2 Å². The first-order valence-electron chi connectivity index (χ1n) is 9.96. The summed E-state index contributed by atoms with van der Waals surface area (Å²) in [4.78, 5) is 12.4. The first kappa shape index (κ1) is 22.4. The minimum Gasteiger partial charge on any atom is -0.490 e. The summed E-state index contributed by atoms with van der Waals surface area (Å²) in [5, 5.41) is 0. The van der Waals surface area contributed by atoms with Crippen molar-refractivity contribution in [2.24, 2.45) is 0 Å². The molecule has 3 aromatic carbocycles. The van der Waals surface area contributed by atoms with Crippen LogP contribution in [0.2, 0.25) is 0 Å². The van der Waals surface area contributed by atoms with Gasteiger partial charge in [0.05, 0.1) is 16.1 Å². The Morgan fingerprint density at radius 2 is 1.61 bits per heavy atom. The quantitative estimate of drug-likeness (QED) is 0.364. The summed E-state index contributed by atoms with van der Waals surface area (Å²) in [6.07, 6.45) is 0. The number of esters is 1. The van der Waals surface area contributed by atoms with E-state index in [1.165, 1.54) is 28.6 Å². The van der Waals surface area contributed by atoms with Gasteiger partial charge in [0.25, 0.3) is 10.0 Å². The normalized spacial score (nSPS) is 11.0. The number of hydrogen-bond donors (Lipinski definition) is 0. The zero-order chi connectivity index (χ0) is 22.3. The first-order valence-corrected chi connectivity index (χ1v) is 11.4. The lowest BCUT2D eigenvalue weighted by Crippen LogP contribution is -2.30. The fourth-order valence-corrected chi connectivity index (χ4v) is 4.53. The van der Waals surface area contributed by atoms with Crippen LogP contribution in [0.3, 0.4) is 0 Å². The average molecular weight is 440 g/mol. The Labute approximate surface area is 183 Å². The maximum atomic E-state index is 13.0. The Morgan fingerprint density at radius 3 is 2.26 bits per heavy atom. The van der Waals surface area contributed by atoms with Crippen LogP contribution in [0.15, 0.2) is 83.8 Å². The lowest BCUT2D eigenvalue weighted by Gasteiger charge is -2.22. The van der Waals surface area contributed by atoms with Gasteiger partial charge in [-0.05, 0) is 67.9 Å². The van der Waals surface area contributed by atoms with Gasteiger partial charge in [-0.25, -0.2) is 13.2 Å². The smallest absolute Gasteiger partial charge is 0.338 e. The molecule has 0 radical (unpaired) electrons. The van der Waals surface area contributed by atoms with Crippen LogP contribution in [0.5, 0.6) is 5.75 Å². The summed E-state index contributed by atoms with van der Waals surface area (Å²) in [5.74, 6) is 0.178. The zero-order valence-electron chi connectivity index (χ0n) is 17.5. The molecule has 7 heteroatoms. The number of sulfonamides is 1. The summed E-state index contributed by atoms with van der Waals surface area (Å²) < 4.78 is 38.1. The summed E-state index contributed by atoms with van der Waals surface area (Å²) in [5.41, 5.74) is 1.94. The van der Waals surface area contributed by atoms with Crippen molar-refractivity contribution in [3.63, 3.8) is 0 Å². The number of ether oxygens (including phenoxy) is 2. The maximum absolute atomic E-state index is 13.0. The summed E-state index contributed by atoms with van der Waals surface area (Å²) >= 11 is 0. The van der Waals surface area contributed by atoms with Gasteiger partial charge < -0.3 is 9.47 Å². The molecule has 0 bridgehead atoms. The van der Waals surface area contributed by atoms with Crippen LogP contribution in [-0.4, -0.2) is 34.1 Å². The van der Waals surface area contributed by atoms with Crippen molar-refractivity contribution in [2.75, 3.05) is 24.1 Å². The molecule has 0 unspecified atom stereocenters. The molecule has 0 aliphatic heterocycles. The molecule has 0 saturated heterocycles. The molecule has 3 rings (SSSR count). The third-order valence-electron chi connectivity index (χ3n) is 4.58. The van der Waals surface area contributed by atoms with Gasteiger partial charge >= 0.3 is 5.97 Å². The first-order chi connectivity index (χ1) is 14.9. The number of aryl methyl sites for hydroxylation is 1. The molecule has 31 heavy (non-hydrogen) atoms. The Hall–Kier alpha value is -3.32. The highest BCUT2D eigenvalue weighted by Crippen LogP contribution is 2.23. The second-order valence-corrected chi connectivity index (χ2v) is 8.69. The number of benzene rings is 3. The van der Waals surface area contributed by atoms with Crippen molar-refractivity contribution >= 4 is 21.7 Å². The van der Waals surface area contributed by atoms with E-state index in [1.807, 2.05) is 37.3 Å². The van der Waals surface area contributed by atoms with Gasteiger partial charge in [0.1, 0.15) is 19.0 Å². The van der Waals surface area contributed by atoms with E-state index in [-0.39, 0.29) is 30.2 Å². The zero-order valence-corrected chi connectivity index (χ0v) is 18.3. The highest BCUT2D eigenvalue weighted by Gasteiger charge is 2.23. The van der Waals surface area contributed by atoms with E-state index in [2.05, 4.69) is 0 Å². The van der Waals surface area contributed by atoms with Crippen LogP contribution in [0, 0.1) is 6.92 Å². The van der Waals surface area contributed by atoms with Crippen molar-refractivity contribution < 1.29 is 22.7 Å². The number of anilines is 1. The molecule has 0 amide bonds. The van der Waals surface area contributed by atoms with Crippen molar-refractivity contribution in [2.45, 2.75) is 18.7 Å². The van der Waals surface area contributed by atoms with E-state index in [0.717, 1.165) is 5.56 Å². The third kappa shape index (κ3) is 5.64. The van der Waals surface area contributed by atoms with Crippen LogP contribution in [0.1, 0.15) is 22.8 Å². The fourth-order valence-electron chi connectivity index (χ4n) is 3.06. The number of carbonyl (C=O) groups is 1. The number of nitrogens with zero attached hydrogens (tertiary/aromatic N) is 1. The lowest BCUT2D eigenvalue weighted by atomic mass is 10.2. The van der Waals surface area contributed by atoms with Crippen LogP contribution in [0.4, 0.5) is 5.69 Å². The molecule has 0 saturated carbocycles. The summed E-state index contributed by atoms with van der Waals surface area (Å²) in [6, 6.07) is 22.2. The highest BCUT2D eigenvalue weighted by molar-refractivity contribution is 7.92. The Morgan fingerprint density at radius 1 is 0.903 bits per heavy atom. The largest absolute Gasteiger partial charge is 0.490 e. The molecule has 162 valence electrons. The molecule has 0 heterocycles. The number of hydrogen-bond acceptors (Lipinski definition) is 5. The van der Waals surface area contributed by atoms with E-state index in [1.54, 1.807) is 31.2 Å². The number of rotatable bonds is 9. The summed E-state index contributed by atoms with van der Waals surface area (Å²) in [7, 11) is -3.74. The van der Waals surface area contributed by atoms with Crippen molar-refractivity contribution in [1.29, 1.82) is 0 Å².